The van der Waals surface area contributed by atoms with E-state index in [1.807, 2.05) is 32.0 Å². The highest BCUT2D eigenvalue weighted by molar-refractivity contribution is 5.92. The lowest BCUT2D eigenvalue weighted by Crippen LogP contribution is -2.19. The summed E-state index contributed by atoms with van der Waals surface area (Å²) in [6.45, 7) is 4.46. The summed E-state index contributed by atoms with van der Waals surface area (Å²) in [7, 11) is 0. The van der Waals surface area contributed by atoms with Crippen LogP contribution in [-0.4, -0.2) is 5.91 Å². The smallest absolute Gasteiger partial charge is 0.248 e. The van der Waals surface area contributed by atoms with Crippen LogP contribution in [0.25, 0.3) is 0 Å². The average molecular weight is 286 g/mol. The normalized spacial score (nSPS) is 12.1. The van der Waals surface area contributed by atoms with Crippen molar-refractivity contribution >= 4 is 5.91 Å². The Kier molecular flexibility index (Phi) is 4.70. The van der Waals surface area contributed by atoms with Crippen LogP contribution in [0.15, 0.2) is 42.5 Å². The number of hydrogen-bond acceptors (Lipinski definition) is 2. The number of primary amides is 1. The van der Waals surface area contributed by atoms with Gasteiger partial charge in [0.1, 0.15) is 5.82 Å². The summed E-state index contributed by atoms with van der Waals surface area (Å²) >= 11 is 0. The molecule has 3 N–H and O–H groups in total. The summed E-state index contributed by atoms with van der Waals surface area (Å²) in [5.74, 6) is -1.04. The zero-order chi connectivity index (χ0) is 15.4. The molecule has 21 heavy (non-hydrogen) atoms. The molecule has 2 aromatic rings. The highest BCUT2D eigenvalue weighted by Crippen LogP contribution is 2.16. The average Bonchev–Trinajstić information content (AvgIpc) is 2.45. The van der Waals surface area contributed by atoms with Crippen LogP contribution in [0.2, 0.25) is 0 Å². The van der Waals surface area contributed by atoms with Gasteiger partial charge < -0.3 is 11.1 Å². The predicted molar refractivity (Wildman–Crippen MR) is 81.4 cm³/mol. The van der Waals surface area contributed by atoms with Crippen LogP contribution < -0.4 is 11.1 Å². The van der Waals surface area contributed by atoms with Crippen molar-refractivity contribution in [2.24, 2.45) is 5.73 Å². The number of nitrogens with one attached hydrogen (secondary N) is 1. The van der Waals surface area contributed by atoms with Crippen molar-refractivity contribution in [1.29, 1.82) is 0 Å². The van der Waals surface area contributed by atoms with E-state index < -0.39 is 11.7 Å². The molecular formula is C17H19FN2O. The van der Waals surface area contributed by atoms with Gasteiger partial charge in [0.15, 0.2) is 0 Å². The van der Waals surface area contributed by atoms with Crippen molar-refractivity contribution in [3.8, 4) is 0 Å². The molecule has 0 heterocycles. The molecule has 110 valence electrons. The van der Waals surface area contributed by atoms with Crippen LogP contribution in [0.4, 0.5) is 4.39 Å². The van der Waals surface area contributed by atoms with Crippen molar-refractivity contribution in [3.63, 3.8) is 0 Å². The number of hydrogen-bond donors (Lipinski definition) is 2. The summed E-state index contributed by atoms with van der Waals surface area (Å²) in [5.41, 5.74) is 8.17. The first-order valence-corrected chi connectivity index (χ1v) is 6.85. The number of aryl methyl sites for hydroxylation is 1. The van der Waals surface area contributed by atoms with E-state index in [9.17, 15) is 9.18 Å². The second-order valence-electron chi connectivity index (χ2n) is 5.19. The van der Waals surface area contributed by atoms with Gasteiger partial charge in [-0.1, -0.05) is 35.9 Å². The number of carbonyl (C=O) groups excluding carboxylic acids is 1. The second-order valence-corrected chi connectivity index (χ2v) is 5.19. The monoisotopic (exact) mass is 286 g/mol. The fourth-order valence-corrected chi connectivity index (χ4v) is 2.16. The summed E-state index contributed by atoms with van der Waals surface area (Å²) in [5, 5.41) is 3.28. The summed E-state index contributed by atoms with van der Waals surface area (Å²) in [6, 6.07) is 12.6. The minimum absolute atomic E-state index is 0.111. The molecule has 0 aliphatic rings. The number of halogens is 1. The topological polar surface area (TPSA) is 55.1 Å². The third-order valence-electron chi connectivity index (χ3n) is 3.48. The van der Waals surface area contributed by atoms with Gasteiger partial charge in [-0.05, 0) is 31.5 Å². The predicted octanol–water partition coefficient (Wildman–Crippen LogP) is 3.08. The summed E-state index contributed by atoms with van der Waals surface area (Å²) in [4.78, 5) is 11.0. The Labute approximate surface area is 124 Å². The van der Waals surface area contributed by atoms with Crippen molar-refractivity contribution in [2.45, 2.75) is 26.4 Å². The first-order chi connectivity index (χ1) is 9.97. The van der Waals surface area contributed by atoms with E-state index in [0.717, 1.165) is 5.56 Å². The molecule has 0 saturated heterocycles. The molecular weight excluding hydrogens is 267 g/mol. The molecule has 0 aliphatic heterocycles. The van der Waals surface area contributed by atoms with E-state index in [0.29, 0.717) is 12.1 Å². The maximum Gasteiger partial charge on any atom is 0.248 e. The largest absolute Gasteiger partial charge is 0.366 e. The number of carbonyl (C=O) groups is 1. The maximum atomic E-state index is 13.9. The van der Waals surface area contributed by atoms with E-state index in [2.05, 4.69) is 11.4 Å². The maximum absolute atomic E-state index is 13.9. The fourth-order valence-electron chi connectivity index (χ4n) is 2.16. The lowest BCUT2D eigenvalue weighted by molar-refractivity contribution is 0.1000. The molecule has 0 fully saturated rings. The Morgan fingerprint density at radius 1 is 1.29 bits per heavy atom. The minimum atomic E-state index is -0.624. The first-order valence-electron chi connectivity index (χ1n) is 6.85. The Morgan fingerprint density at radius 2 is 2.05 bits per heavy atom. The molecule has 3 nitrogen and oxygen atoms in total. The van der Waals surface area contributed by atoms with Crippen molar-refractivity contribution in [2.75, 3.05) is 0 Å². The Bertz CT molecular complexity index is 655. The van der Waals surface area contributed by atoms with Gasteiger partial charge in [-0.2, -0.15) is 0 Å². The molecule has 0 aromatic heterocycles. The van der Waals surface area contributed by atoms with Crippen LogP contribution in [0.3, 0.4) is 0 Å². The molecule has 0 bridgehead atoms. The molecule has 0 unspecified atom stereocenters. The Morgan fingerprint density at radius 3 is 2.67 bits per heavy atom. The van der Waals surface area contributed by atoms with Crippen molar-refractivity contribution in [1.82, 2.24) is 5.32 Å². The lowest BCUT2D eigenvalue weighted by atomic mass is 10.1. The molecule has 0 radical (unpaired) electrons. The zero-order valence-corrected chi connectivity index (χ0v) is 12.2. The molecule has 0 saturated carbocycles. The van der Waals surface area contributed by atoms with Gasteiger partial charge in [-0.3, -0.25) is 4.79 Å². The van der Waals surface area contributed by atoms with Crippen LogP contribution >= 0.6 is 0 Å². The van der Waals surface area contributed by atoms with E-state index in [4.69, 9.17) is 5.73 Å². The highest BCUT2D eigenvalue weighted by atomic mass is 19.1. The van der Waals surface area contributed by atoms with Gasteiger partial charge >= 0.3 is 0 Å². The van der Waals surface area contributed by atoms with Crippen LogP contribution in [0.5, 0.6) is 0 Å². The Hall–Kier alpha value is -2.20. The fraction of sp³-hybridized carbons (Fsp3) is 0.235. The van der Waals surface area contributed by atoms with Gasteiger partial charge in [0, 0.05) is 23.7 Å². The third-order valence-corrected chi connectivity index (χ3v) is 3.48. The van der Waals surface area contributed by atoms with E-state index in [1.165, 1.54) is 11.6 Å². The number of nitrogens with two attached hydrogens (primary N) is 1. The van der Waals surface area contributed by atoms with Crippen LogP contribution in [-0.2, 0) is 6.54 Å². The Balaban J connectivity index is 2.04. The van der Waals surface area contributed by atoms with Gasteiger partial charge in [-0.15, -0.1) is 0 Å². The van der Waals surface area contributed by atoms with Gasteiger partial charge in [-0.25, -0.2) is 4.39 Å². The highest BCUT2D eigenvalue weighted by Gasteiger charge is 2.09. The van der Waals surface area contributed by atoms with Gasteiger partial charge in [0.2, 0.25) is 5.91 Å². The molecule has 2 aromatic carbocycles. The van der Waals surface area contributed by atoms with Gasteiger partial charge in [0.05, 0.1) is 0 Å². The van der Waals surface area contributed by atoms with E-state index in [-0.39, 0.29) is 11.6 Å². The summed E-state index contributed by atoms with van der Waals surface area (Å²) < 4.78 is 13.9. The molecule has 0 spiro atoms. The standard InChI is InChI=1S/C17H19FN2O/c1-11-4-3-5-13(8-11)12(2)20-10-15-7-6-14(17(19)21)9-16(15)18/h3-9,12,20H,10H2,1-2H3,(H2,19,21)/t12-/m1/s1. The first kappa shape index (κ1) is 15.2. The van der Waals surface area contributed by atoms with Crippen LogP contribution in [0.1, 0.15) is 40.0 Å². The molecule has 1 amide bonds. The molecule has 1 atom stereocenters. The van der Waals surface area contributed by atoms with Gasteiger partial charge in [0.25, 0.3) is 0 Å². The minimum Gasteiger partial charge on any atom is -0.366 e. The SMILES string of the molecule is Cc1cccc([C@@H](C)NCc2ccc(C(N)=O)cc2F)c1. The summed E-state index contributed by atoms with van der Waals surface area (Å²) in [6.07, 6.45) is 0. The van der Waals surface area contributed by atoms with E-state index >= 15 is 0 Å². The third kappa shape index (κ3) is 3.89. The number of amides is 1. The lowest BCUT2D eigenvalue weighted by Gasteiger charge is -2.15. The van der Waals surface area contributed by atoms with Crippen LogP contribution in [0, 0.1) is 12.7 Å². The molecule has 4 heteroatoms. The van der Waals surface area contributed by atoms with Crippen molar-refractivity contribution in [3.05, 3.63) is 70.5 Å². The van der Waals surface area contributed by atoms with E-state index in [1.54, 1.807) is 12.1 Å². The number of benzene rings is 2. The molecule has 0 aliphatic carbocycles. The quantitative estimate of drug-likeness (QED) is 0.887. The molecule has 2 rings (SSSR count). The zero-order valence-electron chi connectivity index (χ0n) is 12.2. The second kappa shape index (κ2) is 6.50. The number of rotatable bonds is 5. The van der Waals surface area contributed by atoms with Crippen molar-refractivity contribution < 1.29 is 9.18 Å².